The molecule has 214 valence electrons. The molecule has 10 nitrogen and oxygen atoms in total. The van der Waals surface area contributed by atoms with Gasteiger partial charge in [-0.15, -0.1) is 0 Å². The summed E-state index contributed by atoms with van der Waals surface area (Å²) in [5.41, 5.74) is 1.29. The summed E-state index contributed by atoms with van der Waals surface area (Å²) in [6, 6.07) is 4.56. The van der Waals surface area contributed by atoms with E-state index in [1.165, 1.54) is 5.56 Å². The van der Waals surface area contributed by atoms with Gasteiger partial charge in [0.15, 0.2) is 0 Å². The van der Waals surface area contributed by atoms with Crippen LogP contribution in [0.3, 0.4) is 0 Å². The number of hydrogen-bond donors (Lipinski definition) is 2. The minimum absolute atomic E-state index is 0.363. The minimum atomic E-state index is -5.08. The number of carboxylic acid groups (broad SMARTS) is 2. The third-order valence-electron chi connectivity index (χ3n) is 5.95. The van der Waals surface area contributed by atoms with Crippen LogP contribution in [0.1, 0.15) is 17.7 Å². The molecule has 2 aliphatic heterocycles. The molecule has 2 fully saturated rings. The number of aliphatic carboxylic acids is 2. The Morgan fingerprint density at radius 1 is 1.11 bits per heavy atom. The maximum atomic E-state index is 10.6. The first-order valence-corrected chi connectivity index (χ1v) is 11.2. The van der Waals surface area contributed by atoms with Crippen molar-refractivity contribution >= 4 is 11.9 Å². The lowest BCUT2D eigenvalue weighted by atomic mass is 9.89. The first-order valence-electron chi connectivity index (χ1n) is 11.2. The number of halogens is 6. The largest absolute Gasteiger partial charge is 0.490 e. The molecule has 16 heteroatoms. The van der Waals surface area contributed by atoms with Gasteiger partial charge in [0.25, 0.3) is 0 Å². The highest BCUT2D eigenvalue weighted by molar-refractivity contribution is 5.73. The number of methoxy groups -OCH3 is 1. The van der Waals surface area contributed by atoms with Crippen LogP contribution in [0.15, 0.2) is 35.2 Å². The van der Waals surface area contributed by atoms with Gasteiger partial charge in [0.1, 0.15) is 5.76 Å². The van der Waals surface area contributed by atoms with Crippen molar-refractivity contribution in [2.24, 2.45) is 13.0 Å². The lowest BCUT2D eigenvalue weighted by Gasteiger charge is -2.41. The Morgan fingerprint density at radius 3 is 2.16 bits per heavy atom. The molecule has 38 heavy (non-hydrogen) atoms. The highest BCUT2D eigenvalue weighted by Gasteiger charge is 2.44. The van der Waals surface area contributed by atoms with E-state index in [-0.39, 0.29) is 0 Å². The molecule has 0 amide bonds. The molecule has 2 aromatic heterocycles. The summed E-state index contributed by atoms with van der Waals surface area (Å²) in [5, 5.41) is 18.6. The number of hydrogen-bond acceptors (Lipinski definition) is 7. The van der Waals surface area contributed by atoms with Gasteiger partial charge >= 0.3 is 24.3 Å². The van der Waals surface area contributed by atoms with E-state index in [1.807, 2.05) is 31.1 Å². The second-order valence-electron chi connectivity index (χ2n) is 8.67. The van der Waals surface area contributed by atoms with Crippen LogP contribution in [0.4, 0.5) is 26.3 Å². The number of aromatic nitrogens is 2. The van der Waals surface area contributed by atoms with Crippen molar-refractivity contribution in [3.63, 3.8) is 0 Å². The summed E-state index contributed by atoms with van der Waals surface area (Å²) in [7, 11) is 3.83. The van der Waals surface area contributed by atoms with Crippen LogP contribution in [0.5, 0.6) is 0 Å². The second-order valence-corrected chi connectivity index (χ2v) is 8.67. The molecule has 4 rings (SSSR count). The monoisotopic (exact) mass is 558 g/mol. The van der Waals surface area contributed by atoms with Gasteiger partial charge in [-0.3, -0.25) is 14.5 Å². The number of aryl methyl sites for hydroxylation is 1. The molecule has 0 aliphatic carbocycles. The lowest BCUT2D eigenvalue weighted by Crippen LogP contribution is -2.50. The standard InChI is InChI=1S/C18H26N4O2.2C2HF3O2/c1-20-9-14(8-19-20)10-22-6-5-18(23-2)16-12-21(13-17(16)22)11-15-4-3-7-24-15;2*3-2(4,5)1(6)7/h3-4,7-9,16-18H,5-6,10-13H2,1-2H3;2*(H,6,7)/t16-,17+,18+;;/m0../s1. The van der Waals surface area contributed by atoms with Crippen LogP contribution < -0.4 is 0 Å². The van der Waals surface area contributed by atoms with Gasteiger partial charge in [0.05, 0.1) is 25.1 Å². The summed E-state index contributed by atoms with van der Waals surface area (Å²) < 4.78 is 76.7. The molecule has 2 N–H and O–H groups in total. The molecule has 0 spiro atoms. The number of fused-ring (bicyclic) bond motifs is 1. The number of furan rings is 1. The number of piperidine rings is 1. The van der Waals surface area contributed by atoms with E-state index in [0.29, 0.717) is 18.1 Å². The third kappa shape index (κ3) is 9.33. The van der Waals surface area contributed by atoms with Crippen molar-refractivity contribution in [1.29, 1.82) is 0 Å². The van der Waals surface area contributed by atoms with E-state index in [9.17, 15) is 26.3 Å². The number of rotatable bonds is 5. The van der Waals surface area contributed by atoms with Crippen molar-refractivity contribution in [2.45, 2.75) is 44.0 Å². The Bertz CT molecular complexity index is 1000. The SMILES string of the molecule is CO[C@@H]1CCN(Cc2cnn(C)c2)[C@@H]2CN(Cc3ccco3)C[C@@H]21.O=C(O)C(F)(F)F.O=C(O)C(F)(F)F. The van der Waals surface area contributed by atoms with E-state index in [4.69, 9.17) is 29.0 Å². The maximum absolute atomic E-state index is 10.6. The van der Waals surface area contributed by atoms with Crippen LogP contribution in [0.2, 0.25) is 0 Å². The van der Waals surface area contributed by atoms with Gasteiger partial charge in [0.2, 0.25) is 0 Å². The van der Waals surface area contributed by atoms with Gasteiger partial charge in [-0.25, -0.2) is 9.59 Å². The Hall–Kier alpha value is -3.11. The normalized spacial score (nSPS) is 22.1. The van der Waals surface area contributed by atoms with Crippen molar-refractivity contribution < 1.29 is 55.3 Å². The van der Waals surface area contributed by atoms with Crippen LogP contribution >= 0.6 is 0 Å². The van der Waals surface area contributed by atoms with Gasteiger partial charge < -0.3 is 19.4 Å². The number of nitrogens with zero attached hydrogens (tertiary/aromatic N) is 4. The molecule has 3 atom stereocenters. The molecule has 0 bridgehead atoms. The summed E-state index contributed by atoms with van der Waals surface area (Å²) in [5.74, 6) is -3.91. The number of ether oxygens (including phenoxy) is 1. The predicted molar refractivity (Wildman–Crippen MR) is 118 cm³/mol. The molecular weight excluding hydrogens is 530 g/mol. The predicted octanol–water partition coefficient (Wildman–Crippen LogP) is 3.00. The lowest BCUT2D eigenvalue weighted by molar-refractivity contribution is -0.193. The zero-order chi connectivity index (χ0) is 28.7. The molecular formula is C22H28F6N4O6. The van der Waals surface area contributed by atoms with Gasteiger partial charge in [0, 0.05) is 64.1 Å². The van der Waals surface area contributed by atoms with E-state index in [2.05, 4.69) is 27.2 Å². The van der Waals surface area contributed by atoms with Crippen LogP contribution in [0.25, 0.3) is 0 Å². The Morgan fingerprint density at radius 2 is 1.71 bits per heavy atom. The molecule has 2 aromatic rings. The average Bonchev–Trinajstić information content (AvgIpc) is 3.55. The Labute approximate surface area is 213 Å². The Kier molecular flexibility index (Phi) is 10.7. The fourth-order valence-corrected chi connectivity index (χ4v) is 4.35. The maximum Gasteiger partial charge on any atom is 0.490 e. The van der Waals surface area contributed by atoms with Crippen molar-refractivity contribution in [3.05, 3.63) is 42.1 Å². The first-order chi connectivity index (χ1) is 17.6. The Balaban J connectivity index is 0.000000301. The summed E-state index contributed by atoms with van der Waals surface area (Å²) >= 11 is 0. The van der Waals surface area contributed by atoms with E-state index in [1.54, 1.807) is 6.26 Å². The summed E-state index contributed by atoms with van der Waals surface area (Å²) in [6.45, 7) is 5.10. The third-order valence-corrected chi connectivity index (χ3v) is 5.95. The molecule has 0 aromatic carbocycles. The van der Waals surface area contributed by atoms with Gasteiger partial charge in [-0.05, 0) is 18.6 Å². The minimum Gasteiger partial charge on any atom is -0.475 e. The van der Waals surface area contributed by atoms with Crippen molar-refractivity contribution in [1.82, 2.24) is 19.6 Å². The molecule has 0 radical (unpaired) electrons. The highest BCUT2D eigenvalue weighted by Crippen LogP contribution is 2.34. The number of alkyl halides is 6. The van der Waals surface area contributed by atoms with Crippen LogP contribution in [-0.4, -0.2) is 93.0 Å². The summed E-state index contributed by atoms with van der Waals surface area (Å²) in [6.07, 6.45) is -2.85. The highest BCUT2D eigenvalue weighted by atomic mass is 19.4. The van der Waals surface area contributed by atoms with Crippen molar-refractivity contribution in [2.75, 3.05) is 26.7 Å². The fraction of sp³-hybridized carbons (Fsp3) is 0.591. The second kappa shape index (κ2) is 13.1. The zero-order valence-electron chi connectivity index (χ0n) is 20.4. The average molecular weight is 558 g/mol. The van der Waals surface area contributed by atoms with Crippen LogP contribution in [-0.2, 0) is 34.5 Å². The smallest absolute Gasteiger partial charge is 0.475 e. The van der Waals surface area contributed by atoms with Gasteiger partial charge in [-0.2, -0.15) is 31.4 Å². The van der Waals surface area contributed by atoms with Gasteiger partial charge in [-0.1, -0.05) is 0 Å². The molecule has 2 saturated heterocycles. The van der Waals surface area contributed by atoms with Crippen LogP contribution in [0, 0.1) is 5.92 Å². The quantitative estimate of drug-likeness (QED) is 0.534. The molecule has 2 aliphatic rings. The topological polar surface area (TPSA) is 121 Å². The molecule has 4 heterocycles. The van der Waals surface area contributed by atoms with E-state index >= 15 is 0 Å². The number of carbonyl (C=O) groups is 2. The number of likely N-dealkylation sites (tertiary alicyclic amines) is 2. The fourth-order valence-electron chi connectivity index (χ4n) is 4.35. The summed E-state index contributed by atoms with van der Waals surface area (Å²) in [4.78, 5) is 22.9. The molecule has 0 unspecified atom stereocenters. The van der Waals surface area contributed by atoms with E-state index in [0.717, 1.165) is 44.9 Å². The van der Waals surface area contributed by atoms with E-state index < -0.39 is 24.3 Å². The molecule has 0 saturated carbocycles. The van der Waals surface area contributed by atoms with Crippen molar-refractivity contribution in [3.8, 4) is 0 Å². The number of carboxylic acids is 2. The zero-order valence-corrected chi connectivity index (χ0v) is 20.4. The first kappa shape index (κ1) is 31.1.